The van der Waals surface area contributed by atoms with Crippen LogP contribution in [-0.4, -0.2) is 49.4 Å². The van der Waals surface area contributed by atoms with E-state index in [1.165, 1.54) is 29.5 Å². The number of amides is 2. The highest BCUT2D eigenvalue weighted by molar-refractivity contribution is 5.97. The van der Waals surface area contributed by atoms with E-state index in [0.717, 1.165) is 11.4 Å². The minimum Gasteiger partial charge on any atom is -0.368 e. The van der Waals surface area contributed by atoms with Crippen molar-refractivity contribution < 1.29 is 14.0 Å². The molecule has 2 aromatic rings. The van der Waals surface area contributed by atoms with Gasteiger partial charge in [0, 0.05) is 44.5 Å². The van der Waals surface area contributed by atoms with Crippen LogP contribution in [0.5, 0.6) is 0 Å². The molecule has 29 heavy (non-hydrogen) atoms. The van der Waals surface area contributed by atoms with Crippen molar-refractivity contribution in [3.05, 3.63) is 59.9 Å². The lowest BCUT2D eigenvalue weighted by atomic mass is 10.0. The van der Waals surface area contributed by atoms with Gasteiger partial charge in [-0.05, 0) is 47.9 Å². The Morgan fingerprint density at radius 2 is 1.55 bits per heavy atom. The van der Waals surface area contributed by atoms with Crippen LogP contribution in [0.2, 0.25) is 0 Å². The van der Waals surface area contributed by atoms with Crippen molar-refractivity contribution in [2.75, 3.05) is 42.5 Å². The number of carbonyl (C=O) groups excluding carboxylic acids is 2. The molecule has 0 bridgehead atoms. The maximum Gasteiger partial charge on any atom is 0.242 e. The van der Waals surface area contributed by atoms with Gasteiger partial charge in [-0.1, -0.05) is 26.0 Å². The summed E-state index contributed by atoms with van der Waals surface area (Å²) in [7, 11) is 0. The zero-order valence-electron chi connectivity index (χ0n) is 17.3. The highest BCUT2D eigenvalue weighted by Gasteiger charge is 2.24. The summed E-state index contributed by atoms with van der Waals surface area (Å²) in [5.41, 5.74) is 2.88. The van der Waals surface area contributed by atoms with Crippen LogP contribution in [0.1, 0.15) is 32.3 Å². The molecule has 0 aromatic heterocycles. The van der Waals surface area contributed by atoms with Crippen LogP contribution in [0.3, 0.4) is 0 Å². The van der Waals surface area contributed by atoms with Crippen molar-refractivity contribution in [3.8, 4) is 0 Å². The average Bonchev–Trinajstić information content (AvgIpc) is 2.72. The third-order valence-electron chi connectivity index (χ3n) is 5.37. The topological polar surface area (TPSA) is 43.9 Å². The van der Waals surface area contributed by atoms with E-state index >= 15 is 0 Å². The number of hydrogen-bond donors (Lipinski definition) is 0. The van der Waals surface area contributed by atoms with Gasteiger partial charge in [0.2, 0.25) is 11.8 Å². The molecule has 6 heteroatoms. The fourth-order valence-electron chi connectivity index (χ4n) is 3.52. The van der Waals surface area contributed by atoms with E-state index in [-0.39, 0.29) is 24.2 Å². The molecule has 2 aromatic carbocycles. The SMILES string of the molecule is CC(=O)N(CC(=O)N1CCN(c2ccc(F)cc2)CC1)c1ccc(C(C)C)cc1. The van der Waals surface area contributed by atoms with Gasteiger partial charge in [-0.3, -0.25) is 9.59 Å². The van der Waals surface area contributed by atoms with Crippen LogP contribution in [-0.2, 0) is 9.59 Å². The molecular weight excluding hydrogens is 369 g/mol. The molecule has 154 valence electrons. The van der Waals surface area contributed by atoms with Crippen molar-refractivity contribution in [2.45, 2.75) is 26.7 Å². The predicted molar refractivity (Wildman–Crippen MR) is 114 cm³/mol. The minimum absolute atomic E-state index is 0.0346. The third-order valence-corrected chi connectivity index (χ3v) is 5.37. The van der Waals surface area contributed by atoms with E-state index in [1.807, 2.05) is 24.3 Å². The summed E-state index contributed by atoms with van der Waals surface area (Å²) in [6, 6.07) is 14.2. The zero-order chi connectivity index (χ0) is 21.0. The Bertz CT molecular complexity index is 841. The van der Waals surface area contributed by atoms with Crippen LogP contribution < -0.4 is 9.80 Å². The molecule has 0 unspecified atom stereocenters. The summed E-state index contributed by atoms with van der Waals surface area (Å²) in [5, 5.41) is 0. The van der Waals surface area contributed by atoms with Gasteiger partial charge in [0.15, 0.2) is 0 Å². The monoisotopic (exact) mass is 397 g/mol. The van der Waals surface area contributed by atoms with E-state index in [2.05, 4.69) is 18.7 Å². The van der Waals surface area contributed by atoms with Crippen molar-refractivity contribution in [2.24, 2.45) is 0 Å². The van der Waals surface area contributed by atoms with Gasteiger partial charge in [-0.2, -0.15) is 0 Å². The van der Waals surface area contributed by atoms with Gasteiger partial charge >= 0.3 is 0 Å². The maximum atomic E-state index is 13.1. The molecule has 3 rings (SSSR count). The van der Waals surface area contributed by atoms with Crippen LogP contribution in [0.4, 0.5) is 15.8 Å². The summed E-state index contributed by atoms with van der Waals surface area (Å²) in [4.78, 5) is 30.4. The Labute approximate surface area is 171 Å². The number of carbonyl (C=O) groups is 2. The van der Waals surface area contributed by atoms with Crippen molar-refractivity contribution in [1.82, 2.24) is 4.90 Å². The van der Waals surface area contributed by atoms with Crippen molar-refractivity contribution in [1.29, 1.82) is 0 Å². The number of halogens is 1. The molecule has 0 aliphatic carbocycles. The van der Waals surface area contributed by atoms with E-state index in [9.17, 15) is 14.0 Å². The van der Waals surface area contributed by atoms with Crippen molar-refractivity contribution >= 4 is 23.2 Å². The molecule has 1 heterocycles. The maximum absolute atomic E-state index is 13.1. The van der Waals surface area contributed by atoms with E-state index < -0.39 is 0 Å². The Morgan fingerprint density at radius 1 is 0.966 bits per heavy atom. The summed E-state index contributed by atoms with van der Waals surface area (Å²) < 4.78 is 13.1. The molecular formula is C23H28FN3O2. The average molecular weight is 397 g/mol. The number of anilines is 2. The van der Waals surface area contributed by atoms with E-state index in [4.69, 9.17) is 0 Å². The van der Waals surface area contributed by atoms with Gasteiger partial charge in [0.05, 0.1) is 0 Å². The van der Waals surface area contributed by atoms with Gasteiger partial charge in [-0.25, -0.2) is 4.39 Å². The molecule has 0 saturated carbocycles. The second-order valence-corrected chi connectivity index (χ2v) is 7.70. The Morgan fingerprint density at radius 3 is 2.07 bits per heavy atom. The first-order chi connectivity index (χ1) is 13.8. The smallest absolute Gasteiger partial charge is 0.242 e. The summed E-state index contributed by atoms with van der Waals surface area (Å²) in [6.07, 6.45) is 0. The number of nitrogens with zero attached hydrogens (tertiary/aromatic N) is 3. The summed E-state index contributed by atoms with van der Waals surface area (Å²) in [5.74, 6) is -0.0605. The molecule has 1 fully saturated rings. The van der Waals surface area contributed by atoms with Crippen LogP contribution in [0.25, 0.3) is 0 Å². The molecule has 5 nitrogen and oxygen atoms in total. The Balaban J connectivity index is 1.60. The summed E-state index contributed by atoms with van der Waals surface area (Å²) in [6.45, 7) is 8.27. The lowest BCUT2D eigenvalue weighted by molar-refractivity contribution is -0.131. The minimum atomic E-state index is -0.256. The van der Waals surface area contributed by atoms with Gasteiger partial charge in [0.1, 0.15) is 12.4 Å². The lowest BCUT2D eigenvalue weighted by Crippen LogP contribution is -2.51. The molecule has 0 N–H and O–H groups in total. The first-order valence-corrected chi connectivity index (χ1v) is 10.0. The third kappa shape index (κ3) is 5.13. The normalized spacial score (nSPS) is 14.2. The lowest BCUT2D eigenvalue weighted by Gasteiger charge is -2.37. The van der Waals surface area contributed by atoms with Gasteiger partial charge in [-0.15, -0.1) is 0 Å². The quantitative estimate of drug-likeness (QED) is 0.774. The first-order valence-electron chi connectivity index (χ1n) is 10.0. The fourth-order valence-corrected chi connectivity index (χ4v) is 3.52. The van der Waals surface area contributed by atoms with Crippen LogP contribution in [0.15, 0.2) is 48.5 Å². The molecule has 1 aliphatic rings. The van der Waals surface area contributed by atoms with Crippen molar-refractivity contribution in [3.63, 3.8) is 0 Å². The molecule has 0 spiro atoms. The van der Waals surface area contributed by atoms with Crippen LogP contribution >= 0.6 is 0 Å². The second-order valence-electron chi connectivity index (χ2n) is 7.70. The number of rotatable bonds is 5. The number of benzene rings is 2. The highest BCUT2D eigenvalue weighted by Crippen LogP contribution is 2.21. The number of piperazine rings is 1. The first kappa shape index (κ1) is 20.8. The predicted octanol–water partition coefficient (Wildman–Crippen LogP) is 3.65. The van der Waals surface area contributed by atoms with E-state index in [1.54, 1.807) is 17.0 Å². The molecule has 2 amide bonds. The standard InChI is InChI=1S/C23H28FN3O2/c1-17(2)19-4-8-22(9-5-19)27(18(3)28)16-23(29)26-14-12-25(13-15-26)21-10-6-20(24)7-11-21/h4-11,17H,12-16H2,1-3H3. The summed E-state index contributed by atoms with van der Waals surface area (Å²) >= 11 is 0. The number of hydrogen-bond acceptors (Lipinski definition) is 3. The second kappa shape index (κ2) is 9.07. The zero-order valence-corrected chi connectivity index (χ0v) is 17.3. The molecule has 1 aliphatic heterocycles. The molecule has 0 atom stereocenters. The Kier molecular flexibility index (Phi) is 6.52. The fraction of sp³-hybridized carbons (Fsp3) is 0.391. The van der Waals surface area contributed by atoms with Gasteiger partial charge in [0.25, 0.3) is 0 Å². The van der Waals surface area contributed by atoms with Gasteiger partial charge < -0.3 is 14.7 Å². The largest absolute Gasteiger partial charge is 0.368 e. The highest BCUT2D eigenvalue weighted by atomic mass is 19.1. The molecule has 1 saturated heterocycles. The Hall–Kier alpha value is -2.89. The molecule has 0 radical (unpaired) electrons. The van der Waals surface area contributed by atoms with Crippen LogP contribution in [0, 0.1) is 5.82 Å². The van der Waals surface area contributed by atoms with E-state index in [0.29, 0.717) is 32.1 Å².